The molecule has 0 bridgehead atoms. The normalized spacial score (nSPS) is 11.3. The van der Waals surface area contributed by atoms with Crippen molar-refractivity contribution in [3.63, 3.8) is 0 Å². The summed E-state index contributed by atoms with van der Waals surface area (Å²) in [7, 11) is 0. The van der Waals surface area contributed by atoms with Crippen LogP contribution in [0.2, 0.25) is 0 Å². The topological polar surface area (TPSA) is 34.9 Å². The molecule has 0 fully saturated rings. The molecule has 0 aliphatic heterocycles. The van der Waals surface area contributed by atoms with E-state index in [1.54, 1.807) is 11.3 Å². The molecule has 0 amide bonds. The van der Waals surface area contributed by atoms with E-state index in [1.165, 1.54) is 27.6 Å². The lowest BCUT2D eigenvalue weighted by Crippen LogP contribution is -2.07. The number of nitrogens with zero attached hydrogens (tertiary/aromatic N) is 2. The van der Waals surface area contributed by atoms with Crippen LogP contribution in [0.5, 0.6) is 0 Å². The van der Waals surface area contributed by atoms with Crippen LogP contribution in [0.25, 0.3) is 10.9 Å². The molecule has 1 aromatic carbocycles. The maximum atomic E-state index is 13.0. The van der Waals surface area contributed by atoms with E-state index in [9.17, 15) is 4.79 Å². The number of pyridine rings is 1. The number of Topliss-reactive ketones (excluding diaryl/α,β-unsaturated/α-hetero) is 1. The number of benzene rings is 1. The molecule has 0 N–H and O–H groups in total. The lowest BCUT2D eigenvalue weighted by atomic mass is 10.1. The standard InChI is InChI=1S/C24H24N2OS2/c1-15-7-5-9-20-16(2)11-23(25-24(15)20)29-14-22(27)21-12-17(3)26(18(21)4)13-19-8-6-10-28-19/h5-12H,13-14H2,1-4H3. The fourth-order valence-electron chi connectivity index (χ4n) is 3.71. The van der Waals surface area contributed by atoms with Gasteiger partial charge in [0.05, 0.1) is 22.8 Å². The molecule has 0 aliphatic rings. The summed E-state index contributed by atoms with van der Waals surface area (Å²) in [5, 5.41) is 4.18. The summed E-state index contributed by atoms with van der Waals surface area (Å²) in [4.78, 5) is 19.1. The fourth-order valence-corrected chi connectivity index (χ4v) is 5.25. The Labute approximate surface area is 179 Å². The van der Waals surface area contributed by atoms with E-state index >= 15 is 0 Å². The van der Waals surface area contributed by atoms with Crippen LogP contribution in [0.1, 0.15) is 37.7 Å². The van der Waals surface area contributed by atoms with Crippen molar-refractivity contribution in [1.82, 2.24) is 9.55 Å². The zero-order valence-corrected chi connectivity index (χ0v) is 18.8. The molecule has 4 aromatic rings. The number of aryl methyl sites for hydroxylation is 3. The van der Waals surface area contributed by atoms with Crippen LogP contribution in [0, 0.1) is 27.7 Å². The van der Waals surface area contributed by atoms with Crippen molar-refractivity contribution in [2.24, 2.45) is 0 Å². The Morgan fingerprint density at radius 2 is 1.90 bits per heavy atom. The highest BCUT2D eigenvalue weighted by molar-refractivity contribution is 7.99. The van der Waals surface area contributed by atoms with Crippen molar-refractivity contribution in [3.05, 3.63) is 80.8 Å². The smallest absolute Gasteiger partial charge is 0.174 e. The predicted octanol–water partition coefficient (Wildman–Crippen LogP) is 6.35. The maximum Gasteiger partial charge on any atom is 0.174 e. The Morgan fingerprint density at radius 3 is 2.66 bits per heavy atom. The van der Waals surface area contributed by atoms with E-state index < -0.39 is 0 Å². The highest BCUT2D eigenvalue weighted by atomic mass is 32.2. The second kappa shape index (κ2) is 8.17. The number of para-hydroxylation sites is 1. The number of hydrogen-bond donors (Lipinski definition) is 0. The van der Waals surface area contributed by atoms with Crippen LogP contribution in [0.4, 0.5) is 0 Å². The molecule has 4 rings (SSSR count). The minimum Gasteiger partial charge on any atom is -0.343 e. The van der Waals surface area contributed by atoms with Crippen molar-refractivity contribution in [2.45, 2.75) is 39.3 Å². The van der Waals surface area contributed by atoms with Crippen LogP contribution in [-0.2, 0) is 6.54 Å². The summed E-state index contributed by atoms with van der Waals surface area (Å²) in [6, 6.07) is 14.6. The molecular formula is C24H24N2OS2. The zero-order chi connectivity index (χ0) is 20.5. The van der Waals surface area contributed by atoms with Crippen LogP contribution in [-0.4, -0.2) is 21.1 Å². The van der Waals surface area contributed by atoms with Crippen molar-refractivity contribution < 1.29 is 4.79 Å². The second-order valence-corrected chi connectivity index (χ2v) is 9.44. The summed E-state index contributed by atoms with van der Waals surface area (Å²) in [6.07, 6.45) is 0. The van der Waals surface area contributed by atoms with Crippen molar-refractivity contribution in [2.75, 3.05) is 5.75 Å². The van der Waals surface area contributed by atoms with Gasteiger partial charge in [-0.15, -0.1) is 11.3 Å². The predicted molar refractivity (Wildman–Crippen MR) is 124 cm³/mol. The average molecular weight is 421 g/mol. The van der Waals surface area contributed by atoms with E-state index in [1.807, 2.05) is 13.0 Å². The Hall–Kier alpha value is -2.37. The van der Waals surface area contributed by atoms with Crippen molar-refractivity contribution >= 4 is 39.8 Å². The number of fused-ring (bicyclic) bond motifs is 1. The fraction of sp³-hybridized carbons (Fsp3) is 0.250. The van der Waals surface area contributed by atoms with Gasteiger partial charge < -0.3 is 4.57 Å². The molecular weight excluding hydrogens is 396 g/mol. The summed E-state index contributed by atoms with van der Waals surface area (Å²) >= 11 is 3.27. The zero-order valence-electron chi connectivity index (χ0n) is 17.2. The molecule has 29 heavy (non-hydrogen) atoms. The Bertz CT molecular complexity index is 1190. The van der Waals surface area contributed by atoms with Gasteiger partial charge in [0.15, 0.2) is 5.78 Å². The molecule has 0 unspecified atom stereocenters. The summed E-state index contributed by atoms with van der Waals surface area (Å²) < 4.78 is 2.23. The summed E-state index contributed by atoms with van der Waals surface area (Å²) in [5.74, 6) is 0.553. The number of aromatic nitrogens is 2. The van der Waals surface area contributed by atoms with E-state index in [-0.39, 0.29) is 5.78 Å². The quantitative estimate of drug-likeness (QED) is 0.269. The molecule has 3 aromatic heterocycles. The first-order valence-electron chi connectivity index (χ1n) is 9.66. The number of thiophene rings is 1. The molecule has 3 heterocycles. The summed E-state index contributed by atoms with van der Waals surface area (Å²) in [6.45, 7) is 9.12. The van der Waals surface area contributed by atoms with Crippen LogP contribution < -0.4 is 0 Å². The lowest BCUT2D eigenvalue weighted by molar-refractivity contribution is 0.102. The number of hydrogen-bond acceptors (Lipinski definition) is 4. The molecule has 0 saturated heterocycles. The molecule has 5 heteroatoms. The Morgan fingerprint density at radius 1 is 1.07 bits per heavy atom. The van der Waals surface area contributed by atoms with Gasteiger partial charge in [0, 0.05) is 27.2 Å². The van der Waals surface area contributed by atoms with Gasteiger partial charge in [-0.25, -0.2) is 4.98 Å². The van der Waals surface area contributed by atoms with Crippen molar-refractivity contribution in [3.8, 4) is 0 Å². The van der Waals surface area contributed by atoms with Gasteiger partial charge in [0.2, 0.25) is 0 Å². The molecule has 3 nitrogen and oxygen atoms in total. The second-order valence-electron chi connectivity index (χ2n) is 7.41. The molecule has 148 valence electrons. The number of ketones is 1. The van der Waals surface area contributed by atoms with E-state index in [4.69, 9.17) is 4.98 Å². The van der Waals surface area contributed by atoms with Gasteiger partial charge >= 0.3 is 0 Å². The van der Waals surface area contributed by atoms with Gasteiger partial charge in [-0.2, -0.15) is 0 Å². The first-order valence-corrected chi connectivity index (χ1v) is 11.5. The third-order valence-electron chi connectivity index (χ3n) is 5.34. The van der Waals surface area contributed by atoms with E-state index in [0.717, 1.165) is 39.6 Å². The van der Waals surface area contributed by atoms with Gasteiger partial charge in [-0.3, -0.25) is 4.79 Å². The molecule has 0 aliphatic carbocycles. The average Bonchev–Trinajstić information content (AvgIpc) is 3.31. The van der Waals surface area contributed by atoms with Crippen LogP contribution >= 0.6 is 23.1 Å². The van der Waals surface area contributed by atoms with E-state index in [0.29, 0.717) is 5.75 Å². The minimum atomic E-state index is 0.157. The number of carbonyl (C=O) groups is 1. The Kier molecular flexibility index (Phi) is 5.61. The lowest BCUT2D eigenvalue weighted by Gasteiger charge is -2.09. The molecule has 0 spiro atoms. The third kappa shape index (κ3) is 4.02. The molecule has 0 atom stereocenters. The first-order chi connectivity index (χ1) is 13.9. The molecule has 0 radical (unpaired) electrons. The highest BCUT2D eigenvalue weighted by Crippen LogP contribution is 2.27. The monoisotopic (exact) mass is 420 g/mol. The number of rotatable bonds is 6. The summed E-state index contributed by atoms with van der Waals surface area (Å²) in [5.41, 5.74) is 6.37. The number of thioether (sulfide) groups is 1. The third-order valence-corrected chi connectivity index (χ3v) is 7.12. The van der Waals surface area contributed by atoms with Gasteiger partial charge in [0.25, 0.3) is 0 Å². The van der Waals surface area contributed by atoms with Gasteiger partial charge in [-0.1, -0.05) is 36.0 Å². The van der Waals surface area contributed by atoms with E-state index in [2.05, 4.69) is 67.1 Å². The highest BCUT2D eigenvalue weighted by Gasteiger charge is 2.17. The SMILES string of the molecule is Cc1cc(SCC(=O)c2cc(C)n(Cc3cccs3)c2C)nc2c(C)cccc12. The molecule has 0 saturated carbocycles. The first kappa shape index (κ1) is 19.9. The van der Waals surface area contributed by atoms with Gasteiger partial charge in [-0.05, 0) is 62.4 Å². The maximum absolute atomic E-state index is 13.0. The largest absolute Gasteiger partial charge is 0.343 e. The van der Waals surface area contributed by atoms with Gasteiger partial charge in [0.1, 0.15) is 0 Å². The van der Waals surface area contributed by atoms with Crippen LogP contribution in [0.15, 0.2) is 52.9 Å². The van der Waals surface area contributed by atoms with Crippen molar-refractivity contribution in [1.29, 1.82) is 0 Å². The Balaban J connectivity index is 1.53. The number of carbonyl (C=O) groups excluding carboxylic acids is 1. The van der Waals surface area contributed by atoms with Crippen LogP contribution in [0.3, 0.4) is 0 Å². The minimum absolute atomic E-state index is 0.157.